The molecule has 0 amide bonds. The Balaban J connectivity index is 0.000000269. The van der Waals surface area contributed by atoms with Crippen LogP contribution in [-0.4, -0.2) is 25.8 Å². The third kappa shape index (κ3) is 5.92. The van der Waals surface area contributed by atoms with Crippen molar-refractivity contribution in [3.8, 4) is 6.07 Å². The second kappa shape index (κ2) is 11.1. The van der Waals surface area contributed by atoms with Crippen LogP contribution in [0.2, 0.25) is 10.0 Å². The number of nitrogens with one attached hydrogen (secondary N) is 1. The monoisotopic (exact) mass is 452 g/mol. The molecule has 0 radical (unpaired) electrons. The number of benzene rings is 2. The van der Waals surface area contributed by atoms with E-state index in [1.54, 1.807) is 30.3 Å². The highest BCUT2D eigenvalue weighted by atomic mass is 35.5. The molecule has 2 saturated heterocycles. The molecule has 2 aromatic carbocycles. The van der Waals surface area contributed by atoms with Crippen molar-refractivity contribution < 1.29 is 13.5 Å². The van der Waals surface area contributed by atoms with Gasteiger partial charge in [0.05, 0.1) is 17.0 Å². The molecular formula is C23H24Cl2F2N2O. The molecule has 3 atom stereocenters. The molecule has 0 aromatic heterocycles. The van der Waals surface area contributed by atoms with E-state index in [-0.39, 0.29) is 34.5 Å². The third-order valence-electron chi connectivity index (χ3n) is 5.71. The van der Waals surface area contributed by atoms with Crippen LogP contribution in [-0.2, 0) is 4.74 Å². The SMILES string of the molecule is Fc1cccc(Cl)c1.N#CC1C(CC2CCOCC2)NCC1c1cccc(Cl)c1F. The maximum Gasteiger partial charge on any atom is 0.145 e. The summed E-state index contributed by atoms with van der Waals surface area (Å²) < 4.78 is 31.7. The predicted octanol–water partition coefficient (Wildman–Crippen LogP) is 5.97. The molecule has 0 aliphatic carbocycles. The Morgan fingerprint density at radius 1 is 1.10 bits per heavy atom. The van der Waals surface area contributed by atoms with Gasteiger partial charge < -0.3 is 10.1 Å². The molecule has 2 aliphatic heterocycles. The zero-order valence-corrected chi connectivity index (χ0v) is 18.0. The average molecular weight is 453 g/mol. The molecule has 2 fully saturated rings. The van der Waals surface area contributed by atoms with E-state index in [4.69, 9.17) is 27.9 Å². The lowest BCUT2D eigenvalue weighted by Crippen LogP contribution is -2.31. The largest absolute Gasteiger partial charge is 0.381 e. The minimum atomic E-state index is -0.386. The van der Waals surface area contributed by atoms with Gasteiger partial charge in [0.15, 0.2) is 0 Å². The number of ether oxygens (including phenoxy) is 1. The van der Waals surface area contributed by atoms with Gasteiger partial charge in [0, 0.05) is 36.7 Å². The Morgan fingerprint density at radius 3 is 2.47 bits per heavy atom. The van der Waals surface area contributed by atoms with Gasteiger partial charge in [-0.25, -0.2) is 8.78 Å². The van der Waals surface area contributed by atoms with E-state index in [9.17, 15) is 14.0 Å². The first kappa shape index (κ1) is 23.0. The number of nitriles is 1. The number of rotatable bonds is 3. The summed E-state index contributed by atoms with van der Waals surface area (Å²) in [6.45, 7) is 2.24. The topological polar surface area (TPSA) is 45.0 Å². The lowest BCUT2D eigenvalue weighted by atomic mass is 9.81. The summed E-state index contributed by atoms with van der Waals surface area (Å²) in [5.74, 6) is -0.435. The van der Waals surface area contributed by atoms with Gasteiger partial charge in [0.2, 0.25) is 0 Å². The van der Waals surface area contributed by atoms with Crippen LogP contribution in [0.4, 0.5) is 8.78 Å². The Kier molecular flexibility index (Phi) is 8.47. The fourth-order valence-electron chi connectivity index (χ4n) is 4.13. The number of nitrogens with zero attached hydrogens (tertiary/aromatic N) is 1. The first-order valence-corrected chi connectivity index (χ1v) is 10.8. The molecule has 7 heteroatoms. The molecule has 0 bridgehead atoms. The zero-order valence-electron chi connectivity index (χ0n) is 16.5. The van der Waals surface area contributed by atoms with E-state index in [0.29, 0.717) is 23.0 Å². The molecule has 0 spiro atoms. The highest BCUT2D eigenvalue weighted by molar-refractivity contribution is 6.31. The van der Waals surface area contributed by atoms with Gasteiger partial charge in [-0.15, -0.1) is 0 Å². The molecule has 4 rings (SSSR count). The minimum absolute atomic E-state index is 0.122. The summed E-state index contributed by atoms with van der Waals surface area (Å²) >= 11 is 11.3. The second-order valence-electron chi connectivity index (χ2n) is 7.65. The van der Waals surface area contributed by atoms with Gasteiger partial charge in [-0.1, -0.05) is 41.4 Å². The van der Waals surface area contributed by atoms with Crippen LogP contribution in [0, 0.1) is 34.8 Å². The van der Waals surface area contributed by atoms with Crippen LogP contribution in [0.1, 0.15) is 30.7 Å². The standard InChI is InChI=1S/C17H20ClFN2O.C6H4ClF/c18-15-3-1-2-12(17(15)19)14-10-21-16(13(14)9-20)8-11-4-6-22-7-5-11;7-5-2-1-3-6(8)4-5/h1-3,11,13-14,16,21H,4-8,10H2;1-4H. The van der Waals surface area contributed by atoms with Crippen molar-refractivity contribution >= 4 is 23.2 Å². The van der Waals surface area contributed by atoms with Crippen molar-refractivity contribution in [3.05, 3.63) is 69.7 Å². The normalized spacial score (nSPS) is 24.0. The van der Waals surface area contributed by atoms with Crippen LogP contribution in [0.5, 0.6) is 0 Å². The van der Waals surface area contributed by atoms with Crippen molar-refractivity contribution in [1.82, 2.24) is 5.32 Å². The Morgan fingerprint density at radius 2 is 1.83 bits per heavy atom. The molecule has 2 heterocycles. The van der Waals surface area contributed by atoms with Crippen molar-refractivity contribution in [2.75, 3.05) is 19.8 Å². The van der Waals surface area contributed by atoms with Crippen LogP contribution in [0.15, 0.2) is 42.5 Å². The number of halogens is 4. The first-order valence-electron chi connectivity index (χ1n) is 10.0. The average Bonchev–Trinajstić information content (AvgIpc) is 3.13. The van der Waals surface area contributed by atoms with Crippen LogP contribution < -0.4 is 5.32 Å². The fourth-order valence-corrected chi connectivity index (χ4v) is 4.49. The van der Waals surface area contributed by atoms with Crippen LogP contribution >= 0.6 is 23.2 Å². The van der Waals surface area contributed by atoms with E-state index in [2.05, 4.69) is 11.4 Å². The zero-order chi connectivity index (χ0) is 21.5. The van der Waals surface area contributed by atoms with Crippen molar-refractivity contribution in [1.29, 1.82) is 5.26 Å². The van der Waals surface area contributed by atoms with Crippen LogP contribution in [0.25, 0.3) is 0 Å². The van der Waals surface area contributed by atoms with E-state index in [1.807, 2.05) is 0 Å². The highest BCUT2D eigenvalue weighted by Gasteiger charge is 2.39. The van der Waals surface area contributed by atoms with E-state index < -0.39 is 0 Å². The van der Waals surface area contributed by atoms with E-state index in [0.717, 1.165) is 32.5 Å². The Hall–Kier alpha value is -1.71. The summed E-state index contributed by atoms with van der Waals surface area (Å²) in [5.41, 5.74) is 0.557. The summed E-state index contributed by atoms with van der Waals surface area (Å²) in [5, 5.41) is 13.6. The molecular weight excluding hydrogens is 429 g/mol. The first-order chi connectivity index (χ1) is 14.5. The van der Waals surface area contributed by atoms with E-state index in [1.165, 1.54) is 12.1 Å². The van der Waals surface area contributed by atoms with Crippen molar-refractivity contribution in [3.63, 3.8) is 0 Å². The summed E-state index contributed by atoms with van der Waals surface area (Å²) in [7, 11) is 0. The summed E-state index contributed by atoms with van der Waals surface area (Å²) in [6, 6.07) is 13.4. The molecule has 160 valence electrons. The third-order valence-corrected chi connectivity index (χ3v) is 6.24. The van der Waals surface area contributed by atoms with Crippen LogP contribution in [0.3, 0.4) is 0 Å². The molecule has 30 heavy (non-hydrogen) atoms. The molecule has 3 unspecified atom stereocenters. The van der Waals surface area contributed by atoms with Gasteiger partial charge in [-0.3, -0.25) is 0 Å². The highest BCUT2D eigenvalue weighted by Crippen LogP contribution is 2.37. The second-order valence-corrected chi connectivity index (χ2v) is 8.49. The van der Waals surface area contributed by atoms with Gasteiger partial charge in [-0.05, 0) is 55.0 Å². The fraction of sp³-hybridized carbons (Fsp3) is 0.435. The lowest BCUT2D eigenvalue weighted by molar-refractivity contribution is 0.0603. The Labute approximate surface area is 185 Å². The number of hydrogen-bond acceptors (Lipinski definition) is 3. The van der Waals surface area contributed by atoms with Gasteiger partial charge >= 0.3 is 0 Å². The maximum atomic E-state index is 14.3. The van der Waals surface area contributed by atoms with Gasteiger partial charge in [0.1, 0.15) is 11.6 Å². The van der Waals surface area contributed by atoms with E-state index >= 15 is 0 Å². The maximum absolute atomic E-state index is 14.3. The van der Waals surface area contributed by atoms with Crippen molar-refractivity contribution in [2.45, 2.75) is 31.2 Å². The quantitative estimate of drug-likeness (QED) is 0.623. The lowest BCUT2D eigenvalue weighted by Gasteiger charge is -2.26. The molecule has 0 saturated carbocycles. The summed E-state index contributed by atoms with van der Waals surface area (Å²) in [4.78, 5) is 0. The minimum Gasteiger partial charge on any atom is -0.381 e. The Bertz CT molecular complexity index is 866. The smallest absolute Gasteiger partial charge is 0.145 e. The van der Waals surface area contributed by atoms with Crippen molar-refractivity contribution in [2.24, 2.45) is 11.8 Å². The van der Waals surface area contributed by atoms with Gasteiger partial charge in [0.25, 0.3) is 0 Å². The van der Waals surface area contributed by atoms with Gasteiger partial charge in [-0.2, -0.15) is 5.26 Å². The predicted molar refractivity (Wildman–Crippen MR) is 115 cm³/mol. The molecule has 1 N–H and O–H groups in total. The molecule has 3 nitrogen and oxygen atoms in total. The molecule has 2 aliphatic rings. The number of hydrogen-bond donors (Lipinski definition) is 1. The molecule has 2 aromatic rings. The summed E-state index contributed by atoms with van der Waals surface area (Å²) in [6.07, 6.45) is 3.05.